The van der Waals surface area contributed by atoms with E-state index in [-0.39, 0.29) is 5.97 Å². The Kier molecular flexibility index (Phi) is 3.37. The average molecular weight is 242 g/mol. The lowest BCUT2D eigenvalue weighted by Crippen LogP contribution is -2.02. The van der Waals surface area contributed by atoms with Crippen LogP contribution in [0.4, 0.5) is 0 Å². The summed E-state index contributed by atoms with van der Waals surface area (Å²) in [6.45, 7) is 6.24. The van der Waals surface area contributed by atoms with E-state index in [2.05, 4.69) is 26.0 Å². The molecule has 94 valence electrons. The number of carbonyl (C=O) groups is 1. The second kappa shape index (κ2) is 4.81. The van der Waals surface area contributed by atoms with E-state index in [9.17, 15) is 4.79 Å². The van der Waals surface area contributed by atoms with Gasteiger partial charge in [-0.15, -0.1) is 0 Å². The molecular formula is C16H18O2. The summed E-state index contributed by atoms with van der Waals surface area (Å²) in [5.41, 5.74) is 4.94. The highest BCUT2D eigenvalue weighted by atomic mass is 16.5. The Bertz CT molecular complexity index is 555. The van der Waals surface area contributed by atoms with Gasteiger partial charge in [-0.2, -0.15) is 0 Å². The molecule has 2 aliphatic carbocycles. The summed E-state index contributed by atoms with van der Waals surface area (Å²) in [6.07, 6.45) is 0. The number of ether oxygens (including phenoxy) is 1. The molecule has 0 fully saturated rings. The zero-order valence-electron chi connectivity index (χ0n) is 11.3. The van der Waals surface area contributed by atoms with Gasteiger partial charge in [0.05, 0.1) is 12.7 Å². The molecule has 0 aromatic rings. The molecule has 0 spiro atoms. The molecule has 2 aliphatic rings. The van der Waals surface area contributed by atoms with Gasteiger partial charge in [-0.25, -0.2) is 4.79 Å². The summed E-state index contributed by atoms with van der Waals surface area (Å²) in [4.78, 5) is 11.9. The molecule has 0 unspecified atom stereocenters. The lowest BCUT2D eigenvalue weighted by molar-refractivity contribution is 0.0601. The van der Waals surface area contributed by atoms with Crippen LogP contribution < -0.4 is 0 Å². The Morgan fingerprint density at radius 3 is 2.56 bits per heavy atom. The fourth-order valence-corrected chi connectivity index (χ4v) is 2.24. The van der Waals surface area contributed by atoms with Crippen molar-refractivity contribution in [1.29, 1.82) is 0 Å². The summed E-state index contributed by atoms with van der Waals surface area (Å²) in [5, 5.41) is 0. The van der Waals surface area contributed by atoms with Crippen LogP contribution in [0, 0.1) is 6.92 Å². The molecule has 0 heterocycles. The maximum absolute atomic E-state index is 11.9. The van der Waals surface area contributed by atoms with Crippen LogP contribution in [-0.4, -0.2) is 13.1 Å². The van der Waals surface area contributed by atoms with E-state index >= 15 is 0 Å². The van der Waals surface area contributed by atoms with Gasteiger partial charge >= 0.3 is 5.97 Å². The zero-order valence-corrected chi connectivity index (χ0v) is 11.3. The van der Waals surface area contributed by atoms with Gasteiger partial charge in [0.25, 0.3) is 0 Å². The van der Waals surface area contributed by atoms with Crippen LogP contribution >= 0.6 is 0 Å². The third-order valence-corrected chi connectivity index (χ3v) is 3.28. The molecule has 2 heteroatoms. The van der Waals surface area contributed by atoms with Crippen molar-refractivity contribution < 1.29 is 9.53 Å². The molecular weight excluding hydrogens is 224 g/mol. The van der Waals surface area contributed by atoms with Crippen LogP contribution in [0.15, 0.2) is 30.3 Å². The van der Waals surface area contributed by atoms with Crippen LogP contribution in [0.1, 0.15) is 41.3 Å². The molecule has 18 heavy (non-hydrogen) atoms. The molecule has 0 aliphatic heterocycles. The lowest BCUT2D eigenvalue weighted by Gasteiger charge is -2.05. The quantitative estimate of drug-likeness (QED) is 0.744. The highest BCUT2D eigenvalue weighted by Crippen LogP contribution is 2.33. The monoisotopic (exact) mass is 242 g/mol. The molecule has 2 nitrogen and oxygen atoms in total. The fraction of sp³-hybridized carbons (Fsp3) is 0.312. The first kappa shape index (κ1) is 12.6. The second-order valence-corrected chi connectivity index (χ2v) is 4.89. The van der Waals surface area contributed by atoms with E-state index in [0.29, 0.717) is 11.5 Å². The number of hydrogen-bond donors (Lipinski definition) is 0. The Labute approximate surface area is 108 Å². The Morgan fingerprint density at radius 1 is 1.22 bits per heavy atom. The van der Waals surface area contributed by atoms with Crippen molar-refractivity contribution in [2.45, 2.75) is 26.7 Å². The van der Waals surface area contributed by atoms with E-state index in [0.717, 1.165) is 16.7 Å². The summed E-state index contributed by atoms with van der Waals surface area (Å²) in [5.74, 6) is 0.171. The predicted molar refractivity (Wildman–Crippen MR) is 73.2 cm³/mol. The summed E-state index contributed by atoms with van der Waals surface area (Å²) >= 11 is 0. The topological polar surface area (TPSA) is 26.3 Å². The van der Waals surface area contributed by atoms with Gasteiger partial charge in [0.1, 0.15) is 0 Å². The lowest BCUT2D eigenvalue weighted by atomic mass is 10.0. The van der Waals surface area contributed by atoms with Crippen molar-refractivity contribution in [3.8, 4) is 11.1 Å². The fourth-order valence-electron chi connectivity index (χ4n) is 2.24. The Morgan fingerprint density at radius 2 is 1.94 bits per heavy atom. The van der Waals surface area contributed by atoms with Gasteiger partial charge in [0.15, 0.2) is 0 Å². The smallest absolute Gasteiger partial charge is 0.338 e. The SMILES string of the molecule is COC(=O)c1c(C)cc2cccc(C(C)C)cc1-2. The maximum atomic E-state index is 11.9. The standard InChI is InChI=1S/C16H18O2/c1-10(2)12-6-5-7-13-8-11(3)15(14(13)9-12)16(17)18-4/h5-10H,1-4H3. The molecule has 0 aromatic heterocycles. The number of hydrogen-bond acceptors (Lipinski definition) is 2. The first-order valence-electron chi connectivity index (χ1n) is 6.16. The van der Waals surface area contributed by atoms with Crippen LogP contribution in [-0.2, 0) is 4.74 Å². The number of fused-ring (bicyclic) bond motifs is 1. The van der Waals surface area contributed by atoms with Gasteiger partial charge in [0.2, 0.25) is 0 Å². The van der Waals surface area contributed by atoms with Crippen molar-refractivity contribution in [1.82, 2.24) is 0 Å². The minimum absolute atomic E-state index is 0.261. The minimum Gasteiger partial charge on any atom is -0.465 e. The van der Waals surface area contributed by atoms with Crippen LogP contribution in [0.2, 0.25) is 0 Å². The first-order chi connectivity index (χ1) is 8.54. The summed E-state index contributed by atoms with van der Waals surface area (Å²) < 4.78 is 4.88. The first-order valence-corrected chi connectivity index (χ1v) is 6.16. The van der Waals surface area contributed by atoms with Crippen LogP contribution in [0.3, 0.4) is 0 Å². The van der Waals surface area contributed by atoms with Gasteiger partial charge < -0.3 is 4.74 Å². The Hall–Kier alpha value is -1.83. The van der Waals surface area contributed by atoms with E-state index < -0.39 is 0 Å². The summed E-state index contributed by atoms with van der Waals surface area (Å²) in [6, 6.07) is 10.3. The third-order valence-electron chi connectivity index (χ3n) is 3.28. The minimum atomic E-state index is -0.261. The van der Waals surface area contributed by atoms with Gasteiger partial charge in [-0.3, -0.25) is 0 Å². The van der Waals surface area contributed by atoms with E-state index in [1.54, 1.807) is 0 Å². The molecule has 0 bridgehead atoms. The third kappa shape index (κ3) is 2.10. The summed E-state index contributed by atoms with van der Waals surface area (Å²) in [7, 11) is 1.42. The zero-order chi connectivity index (χ0) is 13.3. The van der Waals surface area contributed by atoms with Crippen molar-refractivity contribution >= 4 is 5.97 Å². The van der Waals surface area contributed by atoms with Crippen molar-refractivity contribution in [3.05, 3.63) is 47.0 Å². The number of carbonyl (C=O) groups excluding carboxylic acids is 1. The Balaban J connectivity index is 2.70. The number of aryl methyl sites for hydroxylation is 1. The number of rotatable bonds is 2. The molecule has 0 N–H and O–H groups in total. The van der Waals surface area contributed by atoms with E-state index in [1.807, 2.05) is 25.1 Å². The van der Waals surface area contributed by atoms with E-state index in [1.165, 1.54) is 12.7 Å². The van der Waals surface area contributed by atoms with Gasteiger partial charge in [-0.1, -0.05) is 44.2 Å². The van der Waals surface area contributed by atoms with Crippen LogP contribution in [0.5, 0.6) is 0 Å². The molecule has 0 radical (unpaired) electrons. The molecule has 2 rings (SSSR count). The van der Waals surface area contributed by atoms with Crippen molar-refractivity contribution in [2.75, 3.05) is 7.11 Å². The highest BCUT2D eigenvalue weighted by Gasteiger charge is 2.19. The average Bonchev–Trinajstić information content (AvgIpc) is 2.50. The molecule has 0 saturated carbocycles. The molecule has 0 aromatic carbocycles. The predicted octanol–water partition coefficient (Wildman–Crippen LogP) is 4.01. The van der Waals surface area contributed by atoms with Crippen molar-refractivity contribution in [3.63, 3.8) is 0 Å². The van der Waals surface area contributed by atoms with Crippen LogP contribution in [0.25, 0.3) is 11.1 Å². The number of esters is 1. The van der Waals surface area contributed by atoms with Crippen molar-refractivity contribution in [2.24, 2.45) is 0 Å². The normalized spacial score (nSPS) is 10.9. The van der Waals surface area contributed by atoms with E-state index in [4.69, 9.17) is 4.74 Å². The largest absolute Gasteiger partial charge is 0.465 e. The number of methoxy groups -OCH3 is 1. The maximum Gasteiger partial charge on any atom is 0.338 e. The molecule has 0 amide bonds. The van der Waals surface area contributed by atoms with Gasteiger partial charge in [0, 0.05) is 0 Å². The molecule has 0 saturated heterocycles. The van der Waals surface area contributed by atoms with Gasteiger partial charge in [-0.05, 0) is 35.1 Å². The molecule has 0 atom stereocenters. The highest BCUT2D eigenvalue weighted by molar-refractivity contribution is 6.00. The second-order valence-electron chi connectivity index (χ2n) is 4.89.